The third-order valence-electron chi connectivity index (χ3n) is 3.50. The Balaban J connectivity index is 1.63. The molecule has 1 aromatic carbocycles. The largest absolute Gasteiger partial charge is 0.482 e. The van der Waals surface area contributed by atoms with Gasteiger partial charge in [0.2, 0.25) is 0 Å². The first kappa shape index (κ1) is 19.2. The first-order valence-corrected chi connectivity index (χ1v) is 8.25. The number of aromatic nitrogens is 3. The molecule has 0 saturated heterocycles. The topological polar surface area (TPSA) is 68.5 Å². The van der Waals surface area contributed by atoms with Crippen molar-refractivity contribution in [2.24, 2.45) is 0 Å². The van der Waals surface area contributed by atoms with Crippen molar-refractivity contribution in [1.29, 1.82) is 0 Å². The smallest absolute Gasteiger partial charge is 0.417 e. The van der Waals surface area contributed by atoms with E-state index >= 15 is 0 Å². The molecule has 0 atom stereocenters. The summed E-state index contributed by atoms with van der Waals surface area (Å²) < 4.78 is 44.9. The molecule has 2 heterocycles. The van der Waals surface area contributed by atoms with E-state index in [9.17, 15) is 18.0 Å². The molecule has 0 aliphatic heterocycles. The summed E-state index contributed by atoms with van der Waals surface area (Å²) in [5.41, 5.74) is -0.612. The molecule has 0 spiro atoms. The molecule has 1 amide bonds. The standard InChI is InChI=1S/C16H11Cl2F3N4O2/c17-10-2-3-12(11(18)5-10)27-8-15(26)22-6-14-24-23-13-4-1-9(7-25(13)14)16(19,20)21/h1-5,7H,6,8H2,(H,22,26). The van der Waals surface area contributed by atoms with Crippen molar-refractivity contribution in [1.82, 2.24) is 19.9 Å². The van der Waals surface area contributed by atoms with E-state index in [1.165, 1.54) is 22.6 Å². The van der Waals surface area contributed by atoms with Gasteiger partial charge in [0.1, 0.15) is 5.75 Å². The van der Waals surface area contributed by atoms with Gasteiger partial charge in [0.05, 0.1) is 17.1 Å². The Morgan fingerprint density at radius 3 is 2.67 bits per heavy atom. The highest BCUT2D eigenvalue weighted by molar-refractivity contribution is 6.35. The number of nitrogens with zero attached hydrogens (tertiary/aromatic N) is 3. The van der Waals surface area contributed by atoms with E-state index in [0.717, 1.165) is 12.3 Å². The Kier molecular flexibility index (Phi) is 5.43. The molecule has 3 aromatic rings. The number of pyridine rings is 1. The highest BCUT2D eigenvalue weighted by Gasteiger charge is 2.31. The van der Waals surface area contributed by atoms with Gasteiger partial charge < -0.3 is 10.1 Å². The van der Waals surface area contributed by atoms with Crippen LogP contribution >= 0.6 is 23.2 Å². The summed E-state index contributed by atoms with van der Waals surface area (Å²) >= 11 is 11.7. The monoisotopic (exact) mass is 418 g/mol. The first-order chi connectivity index (χ1) is 12.7. The molecule has 27 heavy (non-hydrogen) atoms. The lowest BCUT2D eigenvalue weighted by Crippen LogP contribution is -2.29. The van der Waals surface area contributed by atoms with Crippen molar-refractivity contribution >= 4 is 34.8 Å². The van der Waals surface area contributed by atoms with Crippen molar-refractivity contribution in [2.45, 2.75) is 12.7 Å². The van der Waals surface area contributed by atoms with Crippen LogP contribution in [-0.4, -0.2) is 27.1 Å². The summed E-state index contributed by atoms with van der Waals surface area (Å²) in [4.78, 5) is 11.9. The van der Waals surface area contributed by atoms with Crippen LogP contribution in [0.15, 0.2) is 36.5 Å². The number of hydrogen-bond donors (Lipinski definition) is 1. The summed E-state index contributed by atoms with van der Waals surface area (Å²) in [7, 11) is 0. The molecule has 0 bridgehead atoms. The molecule has 142 valence electrons. The highest BCUT2D eigenvalue weighted by atomic mass is 35.5. The summed E-state index contributed by atoms with van der Waals surface area (Å²) in [6.07, 6.45) is -3.62. The third-order valence-corrected chi connectivity index (χ3v) is 4.03. The molecule has 0 aliphatic carbocycles. The number of fused-ring (bicyclic) bond motifs is 1. The zero-order valence-corrected chi connectivity index (χ0v) is 14.9. The lowest BCUT2D eigenvalue weighted by molar-refractivity contribution is -0.137. The summed E-state index contributed by atoms with van der Waals surface area (Å²) in [6.45, 7) is -0.467. The van der Waals surface area contributed by atoms with Crippen LogP contribution in [0.2, 0.25) is 10.0 Å². The van der Waals surface area contributed by atoms with Crippen LogP contribution in [0, 0.1) is 0 Å². The molecule has 0 fully saturated rings. The molecular weight excluding hydrogens is 408 g/mol. The van der Waals surface area contributed by atoms with Crippen LogP contribution in [0.1, 0.15) is 11.4 Å². The molecular formula is C16H11Cl2F3N4O2. The minimum Gasteiger partial charge on any atom is -0.482 e. The normalized spacial score (nSPS) is 11.6. The second kappa shape index (κ2) is 7.61. The Morgan fingerprint density at radius 1 is 1.19 bits per heavy atom. The zero-order chi connectivity index (χ0) is 19.6. The Labute approximate surface area is 160 Å². The van der Waals surface area contributed by atoms with Crippen LogP contribution in [-0.2, 0) is 17.5 Å². The second-order valence-electron chi connectivity index (χ2n) is 5.40. The molecule has 6 nitrogen and oxygen atoms in total. The fourth-order valence-electron chi connectivity index (χ4n) is 2.19. The van der Waals surface area contributed by atoms with Crippen molar-refractivity contribution in [2.75, 3.05) is 6.61 Å². The minimum atomic E-state index is -4.50. The third kappa shape index (κ3) is 4.61. The average molecular weight is 419 g/mol. The average Bonchev–Trinajstić information content (AvgIpc) is 3.00. The molecule has 0 aliphatic rings. The van der Waals surface area contributed by atoms with Crippen molar-refractivity contribution in [3.8, 4) is 5.75 Å². The number of halogens is 5. The van der Waals surface area contributed by atoms with Gasteiger partial charge in [-0.15, -0.1) is 10.2 Å². The fourth-order valence-corrected chi connectivity index (χ4v) is 2.65. The first-order valence-electron chi connectivity index (χ1n) is 7.49. The molecule has 0 radical (unpaired) electrons. The molecule has 0 unspecified atom stereocenters. The number of alkyl halides is 3. The van der Waals surface area contributed by atoms with Crippen LogP contribution in [0.4, 0.5) is 13.2 Å². The van der Waals surface area contributed by atoms with Crippen molar-refractivity contribution < 1.29 is 22.7 Å². The minimum absolute atomic E-state index is 0.126. The predicted molar refractivity (Wildman–Crippen MR) is 91.8 cm³/mol. The number of carbonyl (C=O) groups is 1. The number of rotatable bonds is 5. The number of benzene rings is 1. The number of nitrogens with one attached hydrogen (secondary N) is 1. The van der Waals surface area contributed by atoms with Gasteiger partial charge in [-0.1, -0.05) is 23.2 Å². The van der Waals surface area contributed by atoms with E-state index < -0.39 is 17.6 Å². The van der Waals surface area contributed by atoms with E-state index in [0.29, 0.717) is 5.02 Å². The molecule has 0 saturated carbocycles. The van der Waals surface area contributed by atoms with Crippen LogP contribution in [0.3, 0.4) is 0 Å². The zero-order valence-electron chi connectivity index (χ0n) is 13.4. The van der Waals surface area contributed by atoms with Crippen LogP contribution < -0.4 is 10.1 Å². The maximum atomic E-state index is 12.8. The summed E-state index contributed by atoms with van der Waals surface area (Å²) in [5, 5.41) is 10.7. The highest BCUT2D eigenvalue weighted by Crippen LogP contribution is 2.29. The number of ether oxygens (including phenoxy) is 1. The van der Waals surface area contributed by atoms with Gasteiger partial charge in [-0.05, 0) is 30.3 Å². The fraction of sp³-hybridized carbons (Fsp3) is 0.188. The van der Waals surface area contributed by atoms with Gasteiger partial charge in [0, 0.05) is 11.2 Å². The SMILES string of the molecule is O=C(COc1ccc(Cl)cc1Cl)NCc1nnc2ccc(C(F)(F)F)cn12. The quantitative estimate of drug-likeness (QED) is 0.684. The maximum absolute atomic E-state index is 12.8. The predicted octanol–water partition coefficient (Wildman–Crippen LogP) is 3.75. The van der Waals surface area contributed by atoms with Gasteiger partial charge >= 0.3 is 6.18 Å². The summed E-state index contributed by atoms with van der Waals surface area (Å²) in [5.74, 6) is -0.0855. The molecule has 1 N–H and O–H groups in total. The Bertz CT molecular complexity index is 991. The Hall–Kier alpha value is -2.52. The molecule has 11 heteroatoms. The van der Waals surface area contributed by atoms with Gasteiger partial charge in [0.15, 0.2) is 18.1 Å². The molecule has 3 rings (SSSR count). The maximum Gasteiger partial charge on any atom is 0.417 e. The van der Waals surface area contributed by atoms with E-state index in [4.69, 9.17) is 27.9 Å². The second-order valence-corrected chi connectivity index (χ2v) is 6.24. The molecule has 2 aromatic heterocycles. The van der Waals surface area contributed by atoms with Crippen molar-refractivity contribution in [3.63, 3.8) is 0 Å². The van der Waals surface area contributed by atoms with Gasteiger partial charge in [-0.3, -0.25) is 9.20 Å². The van der Waals surface area contributed by atoms with Crippen molar-refractivity contribution in [3.05, 3.63) is 58.0 Å². The number of hydrogen-bond acceptors (Lipinski definition) is 4. The van der Waals surface area contributed by atoms with E-state index in [-0.39, 0.29) is 35.4 Å². The van der Waals surface area contributed by atoms with E-state index in [1.807, 2.05) is 0 Å². The summed E-state index contributed by atoms with van der Waals surface area (Å²) in [6, 6.07) is 6.66. The lowest BCUT2D eigenvalue weighted by Gasteiger charge is -2.09. The number of amides is 1. The van der Waals surface area contributed by atoms with Crippen LogP contribution in [0.25, 0.3) is 5.65 Å². The van der Waals surface area contributed by atoms with E-state index in [1.54, 1.807) is 6.07 Å². The van der Waals surface area contributed by atoms with Gasteiger partial charge in [0.25, 0.3) is 5.91 Å². The van der Waals surface area contributed by atoms with Crippen LogP contribution in [0.5, 0.6) is 5.75 Å². The Morgan fingerprint density at radius 2 is 1.96 bits per heavy atom. The van der Waals surface area contributed by atoms with Gasteiger partial charge in [-0.2, -0.15) is 13.2 Å². The lowest BCUT2D eigenvalue weighted by atomic mass is 10.3. The number of carbonyl (C=O) groups excluding carboxylic acids is 1. The van der Waals surface area contributed by atoms with Gasteiger partial charge in [-0.25, -0.2) is 0 Å². The van der Waals surface area contributed by atoms with E-state index in [2.05, 4.69) is 15.5 Å².